The van der Waals surface area contributed by atoms with Gasteiger partial charge < -0.3 is 20.6 Å². The normalized spacial score (nSPS) is 12.8. The van der Waals surface area contributed by atoms with E-state index in [1.54, 1.807) is 16.8 Å². The van der Waals surface area contributed by atoms with Crippen molar-refractivity contribution >= 4 is 41.4 Å². The molecule has 1 amide bonds. The number of aromatic nitrogens is 2. The first-order chi connectivity index (χ1) is 15.1. The Hall–Kier alpha value is -1.78. The van der Waals surface area contributed by atoms with Gasteiger partial charge in [-0.2, -0.15) is 5.10 Å². The van der Waals surface area contributed by atoms with Gasteiger partial charge in [-0.1, -0.05) is 20.8 Å². The van der Waals surface area contributed by atoms with Gasteiger partial charge >= 0.3 is 35.5 Å². The van der Waals surface area contributed by atoms with Gasteiger partial charge in [-0.15, -0.1) is 0 Å². The van der Waals surface area contributed by atoms with Crippen LogP contribution in [-0.4, -0.2) is 85.3 Å². The maximum absolute atomic E-state index is 13.5. The van der Waals surface area contributed by atoms with Crippen molar-refractivity contribution in [3.8, 4) is 5.69 Å². The first kappa shape index (κ1) is 29.3. The zero-order valence-electron chi connectivity index (χ0n) is 18.7. The molecular formula is C23H33FN3NaO5. The summed E-state index contributed by atoms with van der Waals surface area (Å²) in [5, 5.41) is 36.3. The molecule has 33 heavy (non-hydrogen) atoms. The molecule has 0 saturated carbocycles. The van der Waals surface area contributed by atoms with Crippen LogP contribution in [0.5, 0.6) is 0 Å². The fourth-order valence-corrected chi connectivity index (χ4v) is 3.62. The summed E-state index contributed by atoms with van der Waals surface area (Å²) in [5.74, 6) is -1.87. The Morgan fingerprint density at radius 2 is 1.79 bits per heavy atom. The van der Waals surface area contributed by atoms with Crippen LogP contribution in [-0.2, 0) is 11.2 Å². The van der Waals surface area contributed by atoms with E-state index in [1.165, 1.54) is 12.1 Å². The minimum absolute atomic E-state index is 0. The SMILES string of the molecule is CCCNC(=O)c1nn(-c2ccc(F)cc2)c(CC[C@@H](O)C[C@@H](O)CC(=O)O)c1C(C)C.[NaH]. The number of carboxylic acids is 1. The van der Waals surface area contributed by atoms with Gasteiger partial charge in [-0.3, -0.25) is 9.59 Å². The van der Waals surface area contributed by atoms with Crippen molar-refractivity contribution in [2.24, 2.45) is 0 Å². The Bertz CT molecular complexity index is 918. The molecule has 0 bridgehead atoms. The number of hydrogen-bond acceptors (Lipinski definition) is 5. The van der Waals surface area contributed by atoms with Gasteiger partial charge in [0.1, 0.15) is 5.82 Å². The Balaban J connectivity index is 0.00000544. The van der Waals surface area contributed by atoms with Crippen molar-refractivity contribution in [3.05, 3.63) is 47.0 Å². The Morgan fingerprint density at radius 1 is 1.15 bits per heavy atom. The molecule has 0 aliphatic heterocycles. The van der Waals surface area contributed by atoms with Crippen molar-refractivity contribution in [3.63, 3.8) is 0 Å². The Kier molecular flexibility index (Phi) is 12.2. The number of hydrogen-bond donors (Lipinski definition) is 4. The molecule has 0 aliphatic carbocycles. The fourth-order valence-electron chi connectivity index (χ4n) is 3.62. The number of benzene rings is 1. The second-order valence-corrected chi connectivity index (χ2v) is 8.19. The average molecular weight is 474 g/mol. The van der Waals surface area contributed by atoms with Crippen LogP contribution in [0.4, 0.5) is 4.39 Å². The Labute approximate surface area is 215 Å². The molecule has 0 fully saturated rings. The molecule has 0 unspecified atom stereocenters. The number of nitrogens with zero attached hydrogens (tertiary/aromatic N) is 2. The van der Waals surface area contributed by atoms with E-state index in [1.807, 2.05) is 20.8 Å². The molecule has 1 heterocycles. The topological polar surface area (TPSA) is 125 Å². The van der Waals surface area contributed by atoms with Crippen molar-refractivity contribution in [2.75, 3.05) is 6.54 Å². The van der Waals surface area contributed by atoms with E-state index in [2.05, 4.69) is 10.4 Å². The molecular weight excluding hydrogens is 440 g/mol. The van der Waals surface area contributed by atoms with Gasteiger partial charge in [0.05, 0.1) is 24.3 Å². The first-order valence-corrected chi connectivity index (χ1v) is 10.9. The molecule has 1 aromatic carbocycles. The molecule has 178 valence electrons. The van der Waals surface area contributed by atoms with Crippen LogP contribution < -0.4 is 5.32 Å². The van der Waals surface area contributed by atoms with Gasteiger partial charge in [-0.25, -0.2) is 9.07 Å². The molecule has 2 rings (SSSR count). The number of halogens is 1. The molecule has 0 saturated heterocycles. The summed E-state index contributed by atoms with van der Waals surface area (Å²) in [4.78, 5) is 23.5. The predicted molar refractivity (Wildman–Crippen MR) is 125 cm³/mol. The summed E-state index contributed by atoms with van der Waals surface area (Å²) in [5.41, 5.74) is 2.31. The van der Waals surface area contributed by atoms with E-state index in [0.29, 0.717) is 24.3 Å². The molecule has 0 spiro atoms. The molecule has 2 aromatic rings. The van der Waals surface area contributed by atoms with Gasteiger partial charge in [0.25, 0.3) is 5.91 Å². The van der Waals surface area contributed by atoms with Crippen molar-refractivity contribution < 1.29 is 29.3 Å². The number of carbonyl (C=O) groups excluding carboxylic acids is 1. The van der Waals surface area contributed by atoms with Crippen molar-refractivity contribution in [2.45, 2.75) is 71.0 Å². The van der Waals surface area contributed by atoms with E-state index < -0.39 is 30.4 Å². The average Bonchev–Trinajstić information content (AvgIpc) is 3.10. The summed E-state index contributed by atoms with van der Waals surface area (Å²) < 4.78 is 15.0. The summed E-state index contributed by atoms with van der Waals surface area (Å²) in [6, 6.07) is 5.75. The zero-order chi connectivity index (χ0) is 23.8. The van der Waals surface area contributed by atoms with Gasteiger partial charge in [0.15, 0.2) is 5.69 Å². The third-order valence-corrected chi connectivity index (χ3v) is 5.09. The number of rotatable bonds is 12. The van der Waals surface area contributed by atoms with Crippen molar-refractivity contribution in [1.82, 2.24) is 15.1 Å². The summed E-state index contributed by atoms with van der Waals surface area (Å²) in [7, 11) is 0. The number of nitrogens with one attached hydrogen (secondary N) is 1. The second kappa shape index (κ2) is 13.8. The zero-order valence-corrected chi connectivity index (χ0v) is 18.7. The van der Waals surface area contributed by atoms with Crippen LogP contribution in [0.25, 0.3) is 5.69 Å². The summed E-state index contributed by atoms with van der Waals surface area (Å²) >= 11 is 0. The molecule has 2 atom stereocenters. The number of aliphatic carboxylic acids is 1. The van der Waals surface area contributed by atoms with Crippen LogP contribution in [0.1, 0.15) is 74.1 Å². The van der Waals surface area contributed by atoms with E-state index in [4.69, 9.17) is 5.11 Å². The molecule has 0 radical (unpaired) electrons. The molecule has 8 nitrogen and oxygen atoms in total. The Morgan fingerprint density at radius 3 is 2.33 bits per heavy atom. The number of aliphatic hydroxyl groups is 2. The van der Waals surface area contributed by atoms with E-state index in [-0.39, 0.29) is 59.9 Å². The van der Waals surface area contributed by atoms with Crippen LogP contribution >= 0.6 is 0 Å². The molecule has 10 heteroatoms. The standard InChI is InChI=1S/C23H32FN3O5.Na.H/c1-4-11-25-23(32)22-21(14(2)3)19(10-9-17(28)12-18(29)13-20(30)31)27(26-22)16-7-5-15(24)6-8-16;;/h5-8,14,17-18,28-29H,4,9-13H2,1-3H3,(H,25,32)(H,30,31);;/t17-,18-;;/m1../s1. The summed E-state index contributed by atoms with van der Waals surface area (Å²) in [6.07, 6.45) is -1.25. The fraction of sp³-hybridized carbons (Fsp3) is 0.522. The monoisotopic (exact) mass is 473 g/mol. The maximum atomic E-state index is 13.5. The quantitative estimate of drug-likeness (QED) is 0.350. The number of aliphatic hydroxyl groups excluding tert-OH is 2. The van der Waals surface area contributed by atoms with E-state index >= 15 is 0 Å². The van der Waals surface area contributed by atoms with E-state index in [9.17, 15) is 24.2 Å². The second-order valence-electron chi connectivity index (χ2n) is 8.19. The molecule has 0 aliphatic rings. The van der Waals surface area contributed by atoms with Gasteiger partial charge in [0, 0.05) is 17.8 Å². The molecule has 1 aromatic heterocycles. The van der Waals surface area contributed by atoms with Gasteiger partial charge in [0.2, 0.25) is 0 Å². The predicted octanol–water partition coefficient (Wildman–Crippen LogP) is 2.15. The number of amides is 1. The number of carboxylic acid groups (broad SMARTS) is 1. The minimum atomic E-state index is -1.15. The van der Waals surface area contributed by atoms with Crippen LogP contribution in [0.2, 0.25) is 0 Å². The van der Waals surface area contributed by atoms with Crippen LogP contribution in [0, 0.1) is 5.82 Å². The van der Waals surface area contributed by atoms with E-state index in [0.717, 1.165) is 12.0 Å². The van der Waals surface area contributed by atoms with Crippen LogP contribution in [0.15, 0.2) is 24.3 Å². The third-order valence-electron chi connectivity index (χ3n) is 5.09. The third kappa shape index (κ3) is 8.50. The van der Waals surface area contributed by atoms with Crippen molar-refractivity contribution in [1.29, 1.82) is 0 Å². The first-order valence-electron chi connectivity index (χ1n) is 10.9. The summed E-state index contributed by atoms with van der Waals surface area (Å²) in [6.45, 7) is 6.35. The van der Waals surface area contributed by atoms with Crippen LogP contribution in [0.3, 0.4) is 0 Å². The number of carbonyl (C=O) groups is 2. The molecule has 4 N–H and O–H groups in total. The van der Waals surface area contributed by atoms with Gasteiger partial charge in [-0.05, 0) is 55.9 Å².